The Labute approximate surface area is 141 Å². The van der Waals surface area contributed by atoms with Crippen molar-refractivity contribution in [1.29, 1.82) is 0 Å². The molecule has 1 aromatic heterocycles. The van der Waals surface area contributed by atoms with Gasteiger partial charge in [-0.2, -0.15) is 0 Å². The van der Waals surface area contributed by atoms with Crippen LogP contribution in [-0.2, 0) is 16.1 Å². The molecule has 24 heavy (non-hydrogen) atoms. The first-order valence-electron chi connectivity index (χ1n) is 6.76. The maximum absolute atomic E-state index is 12.9. The number of carbonyl (C=O) groups is 2. The monoisotopic (exact) mass is 353 g/mol. The number of amides is 2. The normalized spacial score (nSPS) is 10.1. The topological polar surface area (TPSA) is 89.4 Å². The van der Waals surface area contributed by atoms with Crippen molar-refractivity contribution in [3.05, 3.63) is 63.8 Å². The van der Waals surface area contributed by atoms with E-state index in [-0.39, 0.29) is 22.9 Å². The number of hydrogen-bond acceptors (Lipinski definition) is 4. The minimum Gasteiger partial charge on any atom is -0.482 e. The number of benzene rings is 1. The van der Waals surface area contributed by atoms with Crippen LogP contribution in [0, 0.1) is 5.82 Å². The summed E-state index contributed by atoms with van der Waals surface area (Å²) in [7, 11) is 0. The number of nitrogens with zero attached hydrogens (tertiary/aromatic N) is 1. The standard InChI is InChI=1S/C15H13ClFN3O4/c16-11-7-10(17)4-5-12(11)24-9-14(22)19-18-13(21)8-20-6-2-1-3-15(20)23/h1-7H,8-9H2,(H,18,21)(H,19,22). The largest absolute Gasteiger partial charge is 0.482 e. The van der Waals surface area contributed by atoms with Gasteiger partial charge in [0, 0.05) is 12.3 Å². The molecule has 2 amide bonds. The van der Waals surface area contributed by atoms with Gasteiger partial charge in [-0.1, -0.05) is 17.7 Å². The minimum absolute atomic E-state index is 0.0234. The van der Waals surface area contributed by atoms with Gasteiger partial charge in [0.15, 0.2) is 6.61 Å². The van der Waals surface area contributed by atoms with Crippen LogP contribution in [0.5, 0.6) is 5.75 Å². The van der Waals surface area contributed by atoms with E-state index in [4.69, 9.17) is 16.3 Å². The molecule has 2 rings (SSSR count). The van der Waals surface area contributed by atoms with Crippen LogP contribution in [0.15, 0.2) is 47.4 Å². The highest BCUT2D eigenvalue weighted by Gasteiger charge is 2.09. The number of rotatable bonds is 5. The fourth-order valence-electron chi connectivity index (χ4n) is 1.70. The average Bonchev–Trinajstić information content (AvgIpc) is 2.54. The van der Waals surface area contributed by atoms with Gasteiger partial charge < -0.3 is 9.30 Å². The Kier molecular flexibility index (Phi) is 5.91. The summed E-state index contributed by atoms with van der Waals surface area (Å²) < 4.78 is 19.2. The highest BCUT2D eigenvalue weighted by molar-refractivity contribution is 6.32. The van der Waals surface area contributed by atoms with E-state index in [9.17, 15) is 18.8 Å². The molecule has 0 saturated heterocycles. The van der Waals surface area contributed by atoms with Gasteiger partial charge in [0.1, 0.15) is 18.1 Å². The molecule has 0 spiro atoms. The highest BCUT2D eigenvalue weighted by Crippen LogP contribution is 2.24. The number of halogens is 2. The van der Waals surface area contributed by atoms with Crippen LogP contribution >= 0.6 is 11.6 Å². The third-order valence-electron chi connectivity index (χ3n) is 2.81. The van der Waals surface area contributed by atoms with E-state index < -0.39 is 24.2 Å². The van der Waals surface area contributed by atoms with Crippen LogP contribution in [0.4, 0.5) is 4.39 Å². The number of carbonyl (C=O) groups excluding carboxylic acids is 2. The van der Waals surface area contributed by atoms with Gasteiger partial charge in [-0.25, -0.2) is 4.39 Å². The molecular formula is C15H13ClFN3O4. The Hall–Kier alpha value is -2.87. The van der Waals surface area contributed by atoms with Crippen molar-refractivity contribution in [2.24, 2.45) is 0 Å². The molecule has 0 saturated carbocycles. The summed E-state index contributed by atoms with van der Waals surface area (Å²) in [5, 5.41) is 0.0234. The fraction of sp³-hybridized carbons (Fsp3) is 0.133. The summed E-state index contributed by atoms with van der Waals surface area (Å²) in [6, 6.07) is 7.94. The van der Waals surface area contributed by atoms with E-state index in [1.807, 2.05) is 0 Å². The second kappa shape index (κ2) is 8.11. The Bertz CT molecular complexity index is 809. The summed E-state index contributed by atoms with van der Waals surface area (Å²) in [4.78, 5) is 34.7. The molecule has 126 valence electrons. The lowest BCUT2D eigenvalue weighted by atomic mass is 10.3. The van der Waals surface area contributed by atoms with Crippen LogP contribution in [0.2, 0.25) is 5.02 Å². The van der Waals surface area contributed by atoms with Crippen molar-refractivity contribution in [2.75, 3.05) is 6.61 Å². The highest BCUT2D eigenvalue weighted by atomic mass is 35.5. The smallest absolute Gasteiger partial charge is 0.276 e. The lowest BCUT2D eigenvalue weighted by Gasteiger charge is -2.10. The van der Waals surface area contributed by atoms with Crippen molar-refractivity contribution in [3.8, 4) is 5.75 Å². The maximum atomic E-state index is 12.9. The molecule has 9 heteroatoms. The van der Waals surface area contributed by atoms with Crippen molar-refractivity contribution in [1.82, 2.24) is 15.4 Å². The van der Waals surface area contributed by atoms with Crippen LogP contribution in [0.25, 0.3) is 0 Å². The Morgan fingerprint density at radius 1 is 1.17 bits per heavy atom. The van der Waals surface area contributed by atoms with E-state index in [0.29, 0.717) is 0 Å². The molecule has 0 atom stereocenters. The summed E-state index contributed by atoms with van der Waals surface area (Å²) in [6.07, 6.45) is 1.45. The molecule has 7 nitrogen and oxygen atoms in total. The quantitative estimate of drug-likeness (QED) is 0.780. The Balaban J connectivity index is 1.77. The number of aromatic nitrogens is 1. The first kappa shape index (κ1) is 17.5. The zero-order valence-corrected chi connectivity index (χ0v) is 13.0. The van der Waals surface area contributed by atoms with Crippen LogP contribution in [-0.4, -0.2) is 23.0 Å². The van der Waals surface area contributed by atoms with Crippen LogP contribution < -0.4 is 21.1 Å². The molecule has 0 radical (unpaired) electrons. The molecule has 2 aromatic rings. The van der Waals surface area contributed by atoms with Gasteiger partial charge in [0.25, 0.3) is 17.4 Å². The van der Waals surface area contributed by atoms with Crippen LogP contribution in [0.1, 0.15) is 0 Å². The van der Waals surface area contributed by atoms with E-state index in [1.165, 1.54) is 22.9 Å². The number of pyridine rings is 1. The van der Waals surface area contributed by atoms with E-state index in [0.717, 1.165) is 12.1 Å². The maximum Gasteiger partial charge on any atom is 0.276 e. The summed E-state index contributed by atoms with van der Waals surface area (Å²) in [5.74, 6) is -1.63. The number of hydrogen-bond donors (Lipinski definition) is 2. The third kappa shape index (κ3) is 5.10. The van der Waals surface area contributed by atoms with Crippen molar-refractivity contribution in [3.63, 3.8) is 0 Å². The molecule has 0 aliphatic heterocycles. The first-order chi connectivity index (χ1) is 11.5. The molecule has 1 heterocycles. The van der Waals surface area contributed by atoms with Crippen molar-refractivity contribution >= 4 is 23.4 Å². The molecular weight excluding hydrogens is 341 g/mol. The molecule has 0 unspecified atom stereocenters. The van der Waals surface area contributed by atoms with E-state index >= 15 is 0 Å². The molecule has 2 N–H and O–H groups in total. The Morgan fingerprint density at radius 3 is 2.62 bits per heavy atom. The van der Waals surface area contributed by atoms with Gasteiger partial charge in [-0.3, -0.25) is 25.2 Å². The lowest BCUT2D eigenvalue weighted by Crippen LogP contribution is -2.45. The predicted octanol–water partition coefficient (Wildman–Crippen LogP) is 0.867. The predicted molar refractivity (Wildman–Crippen MR) is 83.9 cm³/mol. The lowest BCUT2D eigenvalue weighted by molar-refractivity contribution is -0.130. The number of nitrogens with one attached hydrogen (secondary N) is 2. The van der Waals surface area contributed by atoms with Gasteiger partial charge in [-0.05, 0) is 24.3 Å². The van der Waals surface area contributed by atoms with Gasteiger partial charge in [0.05, 0.1) is 5.02 Å². The number of ether oxygens (including phenoxy) is 1. The molecule has 0 aliphatic rings. The first-order valence-corrected chi connectivity index (χ1v) is 7.14. The van der Waals surface area contributed by atoms with E-state index in [2.05, 4.69) is 10.9 Å². The minimum atomic E-state index is -0.649. The second-order valence-electron chi connectivity index (χ2n) is 4.63. The number of hydrazine groups is 1. The van der Waals surface area contributed by atoms with Crippen LogP contribution in [0.3, 0.4) is 0 Å². The summed E-state index contributed by atoms with van der Waals surface area (Å²) in [5.41, 5.74) is 3.93. The SMILES string of the molecule is O=C(COc1ccc(F)cc1Cl)NNC(=O)Cn1ccccc1=O. The van der Waals surface area contributed by atoms with Gasteiger partial charge in [-0.15, -0.1) is 0 Å². The zero-order valence-electron chi connectivity index (χ0n) is 12.3. The zero-order chi connectivity index (χ0) is 17.5. The second-order valence-corrected chi connectivity index (χ2v) is 5.03. The van der Waals surface area contributed by atoms with Gasteiger partial charge in [0.2, 0.25) is 0 Å². The summed E-state index contributed by atoms with van der Waals surface area (Å²) in [6.45, 7) is -0.679. The molecule has 0 fully saturated rings. The van der Waals surface area contributed by atoms with Crippen molar-refractivity contribution < 1.29 is 18.7 Å². The Morgan fingerprint density at radius 2 is 1.92 bits per heavy atom. The average molecular weight is 354 g/mol. The van der Waals surface area contributed by atoms with Gasteiger partial charge >= 0.3 is 0 Å². The molecule has 0 aliphatic carbocycles. The summed E-state index contributed by atoms with van der Waals surface area (Å²) >= 11 is 5.75. The molecule has 0 bridgehead atoms. The van der Waals surface area contributed by atoms with Crippen molar-refractivity contribution in [2.45, 2.75) is 6.54 Å². The molecule has 1 aromatic carbocycles. The fourth-order valence-corrected chi connectivity index (χ4v) is 1.92. The third-order valence-corrected chi connectivity index (χ3v) is 3.10. The van der Waals surface area contributed by atoms with E-state index in [1.54, 1.807) is 12.1 Å².